The second-order valence-electron chi connectivity index (χ2n) is 4.02. The maximum Gasteiger partial charge on any atom is 0.0881 e. The van der Waals surface area contributed by atoms with Gasteiger partial charge in [-0.05, 0) is 12.8 Å². The maximum atomic E-state index is 5.67. The fraction of sp³-hybridized carbons (Fsp3) is 0.727. The Kier molecular flexibility index (Phi) is 4.46. The zero-order valence-corrected chi connectivity index (χ0v) is 10.5. The van der Waals surface area contributed by atoms with E-state index in [4.69, 9.17) is 10.6 Å². The zero-order chi connectivity index (χ0) is 12.2. The number of aromatic nitrogens is 2. The van der Waals surface area contributed by atoms with Crippen LogP contribution in [0.1, 0.15) is 38.3 Å². The van der Waals surface area contributed by atoms with Gasteiger partial charge in [-0.1, -0.05) is 13.8 Å². The van der Waals surface area contributed by atoms with Gasteiger partial charge in [0.25, 0.3) is 0 Å². The molecule has 5 heteroatoms. The van der Waals surface area contributed by atoms with Crippen LogP contribution < -0.4 is 11.3 Å². The number of hydrogen-bond acceptors (Lipinski definition) is 4. The standard InChI is InChI=1S/C11H22N4O/c1-5-11(6-2,16-4)10(14-12)9-7-13-15(3)8-9/h7-8,10,14H,5-6,12H2,1-4H3. The molecule has 92 valence electrons. The molecule has 0 fully saturated rings. The van der Waals surface area contributed by atoms with Gasteiger partial charge in [0.05, 0.1) is 17.8 Å². The van der Waals surface area contributed by atoms with E-state index in [2.05, 4.69) is 24.4 Å². The van der Waals surface area contributed by atoms with Gasteiger partial charge in [0.1, 0.15) is 0 Å². The summed E-state index contributed by atoms with van der Waals surface area (Å²) in [5.41, 5.74) is 3.62. The summed E-state index contributed by atoms with van der Waals surface area (Å²) < 4.78 is 7.44. The Morgan fingerprint density at radius 3 is 2.50 bits per heavy atom. The average Bonchev–Trinajstić information content (AvgIpc) is 2.72. The smallest absolute Gasteiger partial charge is 0.0881 e. The SMILES string of the molecule is CCC(CC)(OC)C(NN)c1cnn(C)c1. The van der Waals surface area contributed by atoms with Crippen molar-refractivity contribution in [3.63, 3.8) is 0 Å². The molecule has 0 aliphatic rings. The number of methoxy groups -OCH3 is 1. The van der Waals surface area contributed by atoms with Gasteiger partial charge in [0.2, 0.25) is 0 Å². The topological polar surface area (TPSA) is 65.1 Å². The van der Waals surface area contributed by atoms with E-state index in [0.717, 1.165) is 18.4 Å². The maximum absolute atomic E-state index is 5.67. The lowest BCUT2D eigenvalue weighted by atomic mass is 9.85. The molecule has 1 unspecified atom stereocenters. The van der Waals surface area contributed by atoms with Crippen molar-refractivity contribution in [1.82, 2.24) is 15.2 Å². The largest absolute Gasteiger partial charge is 0.376 e. The highest BCUT2D eigenvalue weighted by molar-refractivity contribution is 5.15. The molecule has 0 radical (unpaired) electrons. The van der Waals surface area contributed by atoms with Crippen LogP contribution in [0.2, 0.25) is 0 Å². The Hall–Kier alpha value is -0.910. The van der Waals surface area contributed by atoms with E-state index in [1.54, 1.807) is 11.8 Å². The van der Waals surface area contributed by atoms with E-state index in [-0.39, 0.29) is 11.6 Å². The van der Waals surface area contributed by atoms with Crippen LogP contribution >= 0.6 is 0 Å². The lowest BCUT2D eigenvalue weighted by Crippen LogP contribution is -2.47. The number of nitrogens with two attached hydrogens (primary N) is 1. The Balaban J connectivity index is 3.04. The van der Waals surface area contributed by atoms with Crippen molar-refractivity contribution in [3.8, 4) is 0 Å². The minimum atomic E-state index is -0.280. The second kappa shape index (κ2) is 5.43. The van der Waals surface area contributed by atoms with Crippen molar-refractivity contribution < 1.29 is 4.74 Å². The molecule has 5 nitrogen and oxygen atoms in total. The molecule has 1 heterocycles. The second-order valence-corrected chi connectivity index (χ2v) is 4.02. The lowest BCUT2D eigenvalue weighted by Gasteiger charge is -2.37. The Bertz CT molecular complexity index is 311. The summed E-state index contributed by atoms with van der Waals surface area (Å²) in [4.78, 5) is 0. The predicted molar refractivity (Wildman–Crippen MR) is 63.6 cm³/mol. The van der Waals surface area contributed by atoms with Gasteiger partial charge >= 0.3 is 0 Å². The van der Waals surface area contributed by atoms with E-state index >= 15 is 0 Å². The van der Waals surface area contributed by atoms with Crippen molar-refractivity contribution >= 4 is 0 Å². The Labute approximate surface area is 96.9 Å². The molecule has 1 aromatic heterocycles. The van der Waals surface area contributed by atoms with Crippen LogP contribution in [0.3, 0.4) is 0 Å². The summed E-state index contributed by atoms with van der Waals surface area (Å²) in [5.74, 6) is 5.66. The molecule has 1 rings (SSSR count). The summed E-state index contributed by atoms with van der Waals surface area (Å²) in [6, 6.07) is -0.0406. The lowest BCUT2D eigenvalue weighted by molar-refractivity contribution is -0.0486. The number of nitrogens with one attached hydrogen (secondary N) is 1. The van der Waals surface area contributed by atoms with E-state index in [0.29, 0.717) is 0 Å². The first-order chi connectivity index (χ1) is 7.63. The van der Waals surface area contributed by atoms with Crippen molar-refractivity contribution in [3.05, 3.63) is 18.0 Å². The first kappa shape index (κ1) is 13.2. The fourth-order valence-electron chi connectivity index (χ4n) is 2.21. The summed E-state index contributed by atoms with van der Waals surface area (Å²) in [5, 5.41) is 4.17. The molecule has 1 atom stereocenters. The van der Waals surface area contributed by atoms with Crippen LogP contribution in [-0.2, 0) is 11.8 Å². The molecule has 16 heavy (non-hydrogen) atoms. The number of ether oxygens (including phenoxy) is 1. The minimum Gasteiger partial charge on any atom is -0.376 e. The highest BCUT2D eigenvalue weighted by Crippen LogP contribution is 2.33. The Morgan fingerprint density at radius 2 is 2.19 bits per heavy atom. The number of hydrazine groups is 1. The van der Waals surface area contributed by atoms with Gasteiger partial charge < -0.3 is 4.74 Å². The average molecular weight is 226 g/mol. The van der Waals surface area contributed by atoms with Gasteiger partial charge in [-0.25, -0.2) is 5.43 Å². The normalized spacial score (nSPS) is 14.1. The van der Waals surface area contributed by atoms with Crippen molar-refractivity contribution in [2.45, 2.75) is 38.3 Å². The van der Waals surface area contributed by atoms with Crippen LogP contribution in [0.15, 0.2) is 12.4 Å². The monoisotopic (exact) mass is 226 g/mol. The van der Waals surface area contributed by atoms with Gasteiger partial charge in [-0.3, -0.25) is 10.5 Å². The summed E-state index contributed by atoms with van der Waals surface area (Å²) in [6.45, 7) is 4.21. The molecule has 0 bridgehead atoms. The molecule has 0 aliphatic carbocycles. The van der Waals surface area contributed by atoms with Crippen LogP contribution in [0, 0.1) is 0 Å². The quantitative estimate of drug-likeness (QED) is 0.564. The first-order valence-electron chi connectivity index (χ1n) is 5.63. The van der Waals surface area contributed by atoms with E-state index < -0.39 is 0 Å². The van der Waals surface area contributed by atoms with Crippen molar-refractivity contribution in [1.29, 1.82) is 0 Å². The van der Waals surface area contributed by atoms with Crippen LogP contribution in [0.4, 0.5) is 0 Å². The summed E-state index contributed by atoms with van der Waals surface area (Å²) >= 11 is 0. The van der Waals surface area contributed by atoms with E-state index in [9.17, 15) is 0 Å². The molecular weight excluding hydrogens is 204 g/mol. The molecule has 0 amide bonds. The molecule has 0 saturated heterocycles. The summed E-state index contributed by atoms with van der Waals surface area (Å²) in [6.07, 6.45) is 5.57. The highest BCUT2D eigenvalue weighted by atomic mass is 16.5. The van der Waals surface area contributed by atoms with Crippen molar-refractivity contribution in [2.75, 3.05) is 7.11 Å². The third kappa shape index (κ3) is 2.26. The van der Waals surface area contributed by atoms with Gasteiger partial charge in [0.15, 0.2) is 0 Å². The number of nitrogens with zero attached hydrogens (tertiary/aromatic N) is 2. The zero-order valence-electron chi connectivity index (χ0n) is 10.5. The number of rotatable bonds is 6. The number of hydrogen-bond donors (Lipinski definition) is 2. The molecule has 0 aromatic carbocycles. The van der Waals surface area contributed by atoms with Gasteiger partial charge in [-0.2, -0.15) is 5.10 Å². The van der Waals surface area contributed by atoms with Crippen LogP contribution in [0.25, 0.3) is 0 Å². The fourth-order valence-corrected chi connectivity index (χ4v) is 2.21. The molecule has 1 aromatic rings. The number of aryl methyl sites for hydroxylation is 1. The van der Waals surface area contributed by atoms with E-state index in [1.807, 2.05) is 19.4 Å². The van der Waals surface area contributed by atoms with Crippen molar-refractivity contribution in [2.24, 2.45) is 12.9 Å². The molecule has 0 aliphatic heterocycles. The predicted octanol–water partition coefficient (Wildman–Crippen LogP) is 1.13. The molecule has 0 spiro atoms. The molecule has 0 saturated carbocycles. The van der Waals surface area contributed by atoms with Gasteiger partial charge in [0, 0.05) is 25.9 Å². The van der Waals surface area contributed by atoms with E-state index in [1.165, 1.54) is 0 Å². The highest BCUT2D eigenvalue weighted by Gasteiger charge is 2.36. The van der Waals surface area contributed by atoms with Crippen LogP contribution in [-0.4, -0.2) is 22.5 Å². The third-order valence-electron chi connectivity index (χ3n) is 3.35. The molecular formula is C11H22N4O. The molecule has 3 N–H and O–H groups in total. The minimum absolute atomic E-state index is 0.0406. The first-order valence-corrected chi connectivity index (χ1v) is 5.63. The Morgan fingerprint density at radius 1 is 1.56 bits per heavy atom. The van der Waals surface area contributed by atoms with Gasteiger partial charge in [-0.15, -0.1) is 0 Å². The third-order valence-corrected chi connectivity index (χ3v) is 3.35. The summed E-state index contributed by atoms with van der Waals surface area (Å²) in [7, 11) is 3.62. The van der Waals surface area contributed by atoms with Crippen LogP contribution in [0.5, 0.6) is 0 Å².